The van der Waals surface area contributed by atoms with Crippen LogP contribution in [0.1, 0.15) is 22.9 Å². The Balaban J connectivity index is 1.41. The van der Waals surface area contributed by atoms with Gasteiger partial charge in [0.2, 0.25) is 0 Å². The lowest BCUT2D eigenvalue weighted by atomic mass is 9.91. The summed E-state index contributed by atoms with van der Waals surface area (Å²) < 4.78 is 55.8. The van der Waals surface area contributed by atoms with Crippen molar-refractivity contribution < 1.29 is 27.7 Å². The topological polar surface area (TPSA) is 80.9 Å². The standard InChI is InChI=1S/C33H34F2N2O6/c34-18-28-30(42-21-27-14-8-3-9-15-27)33(22-35,23-40-19-25-10-4-1-5-11-25)43-31(28)36-17-16-29(38)37(32(36)39)24-41-20-26-12-6-2-7-13-26/h1-17,28,30-31H,18-24H2/t28-,30-,31+,33+/m0/s1. The minimum atomic E-state index is -1.71. The molecule has 1 aliphatic heterocycles. The summed E-state index contributed by atoms with van der Waals surface area (Å²) in [5.74, 6) is -1.08. The van der Waals surface area contributed by atoms with Crippen LogP contribution in [-0.4, -0.2) is 40.8 Å². The van der Waals surface area contributed by atoms with Gasteiger partial charge in [-0.3, -0.25) is 13.8 Å². The second-order valence-corrected chi connectivity index (χ2v) is 10.5. The second-order valence-electron chi connectivity index (χ2n) is 10.5. The van der Waals surface area contributed by atoms with Crippen LogP contribution in [0.3, 0.4) is 0 Å². The molecule has 0 aliphatic carbocycles. The summed E-state index contributed by atoms with van der Waals surface area (Å²) in [4.78, 5) is 26.2. The molecule has 0 bridgehead atoms. The van der Waals surface area contributed by atoms with E-state index in [-0.39, 0.29) is 33.2 Å². The molecule has 0 saturated carbocycles. The molecule has 1 fully saturated rings. The summed E-state index contributed by atoms with van der Waals surface area (Å²) in [6.07, 6.45) is -1.14. The summed E-state index contributed by atoms with van der Waals surface area (Å²) in [7, 11) is 0. The number of benzene rings is 3. The van der Waals surface area contributed by atoms with E-state index in [0.29, 0.717) is 0 Å². The largest absolute Gasteiger partial charge is 0.374 e. The Labute approximate surface area is 248 Å². The van der Waals surface area contributed by atoms with Crippen molar-refractivity contribution in [2.75, 3.05) is 20.0 Å². The maximum Gasteiger partial charge on any atom is 0.335 e. The summed E-state index contributed by atoms with van der Waals surface area (Å²) in [6.45, 7) is -2.19. The van der Waals surface area contributed by atoms with E-state index in [1.165, 1.54) is 12.3 Å². The smallest absolute Gasteiger partial charge is 0.335 e. The van der Waals surface area contributed by atoms with Crippen LogP contribution in [0.15, 0.2) is 113 Å². The third-order valence-corrected chi connectivity index (χ3v) is 7.47. The highest BCUT2D eigenvalue weighted by Gasteiger charge is 2.57. The Morgan fingerprint density at radius 1 is 0.744 bits per heavy atom. The number of hydrogen-bond acceptors (Lipinski definition) is 6. The molecule has 0 unspecified atom stereocenters. The first-order valence-corrected chi connectivity index (χ1v) is 14.1. The Morgan fingerprint density at radius 2 is 1.30 bits per heavy atom. The summed E-state index contributed by atoms with van der Waals surface area (Å²) in [5, 5.41) is 0. The zero-order valence-corrected chi connectivity index (χ0v) is 23.6. The average Bonchev–Trinajstić information content (AvgIpc) is 3.36. The van der Waals surface area contributed by atoms with Gasteiger partial charge in [-0.25, -0.2) is 13.8 Å². The Morgan fingerprint density at radius 3 is 1.86 bits per heavy atom. The van der Waals surface area contributed by atoms with Crippen molar-refractivity contribution in [1.82, 2.24) is 9.13 Å². The van der Waals surface area contributed by atoms with E-state index < -0.39 is 48.4 Å². The molecule has 10 heteroatoms. The number of nitrogens with zero attached hydrogens (tertiary/aromatic N) is 2. The molecule has 0 radical (unpaired) electrons. The Hall–Kier alpha value is -3.96. The quantitative estimate of drug-likeness (QED) is 0.209. The number of ether oxygens (including phenoxy) is 4. The van der Waals surface area contributed by atoms with Crippen LogP contribution < -0.4 is 11.2 Å². The number of hydrogen-bond donors (Lipinski definition) is 0. The number of alkyl halides is 2. The molecule has 1 aliphatic rings. The lowest BCUT2D eigenvalue weighted by Crippen LogP contribution is -2.49. The molecule has 0 N–H and O–H groups in total. The molecule has 2 heterocycles. The van der Waals surface area contributed by atoms with Crippen molar-refractivity contribution in [2.45, 2.75) is 44.5 Å². The van der Waals surface area contributed by atoms with E-state index in [1.54, 1.807) is 0 Å². The summed E-state index contributed by atoms with van der Waals surface area (Å²) >= 11 is 0. The monoisotopic (exact) mass is 592 g/mol. The van der Waals surface area contributed by atoms with Gasteiger partial charge in [0, 0.05) is 12.3 Å². The average molecular weight is 593 g/mol. The lowest BCUT2D eigenvalue weighted by Gasteiger charge is -2.32. The van der Waals surface area contributed by atoms with Gasteiger partial charge in [0.25, 0.3) is 5.56 Å². The number of halogens is 2. The molecule has 4 atom stereocenters. The molecule has 0 amide bonds. The predicted octanol–water partition coefficient (Wildman–Crippen LogP) is 4.81. The highest BCUT2D eigenvalue weighted by Crippen LogP contribution is 2.44. The first kappa shape index (κ1) is 30.5. The molecule has 8 nitrogen and oxygen atoms in total. The number of rotatable bonds is 14. The van der Waals surface area contributed by atoms with E-state index in [2.05, 4.69) is 0 Å². The lowest BCUT2D eigenvalue weighted by molar-refractivity contribution is -0.165. The Bertz CT molecular complexity index is 1550. The normalized spacial score (nSPS) is 21.7. The second kappa shape index (κ2) is 14.5. The van der Waals surface area contributed by atoms with Crippen LogP contribution in [0.2, 0.25) is 0 Å². The van der Waals surface area contributed by atoms with Gasteiger partial charge < -0.3 is 18.9 Å². The van der Waals surface area contributed by atoms with Crippen LogP contribution in [0.5, 0.6) is 0 Å². The fourth-order valence-corrected chi connectivity index (χ4v) is 5.24. The zero-order valence-electron chi connectivity index (χ0n) is 23.6. The maximum absolute atomic E-state index is 15.1. The van der Waals surface area contributed by atoms with Crippen LogP contribution >= 0.6 is 0 Å². The van der Waals surface area contributed by atoms with E-state index in [9.17, 15) is 14.0 Å². The molecule has 5 rings (SSSR count). The van der Waals surface area contributed by atoms with Gasteiger partial charge in [-0.1, -0.05) is 91.0 Å². The first-order chi connectivity index (χ1) is 21.0. The molecule has 3 aromatic carbocycles. The van der Waals surface area contributed by atoms with Gasteiger partial charge in [-0.05, 0) is 16.7 Å². The van der Waals surface area contributed by atoms with E-state index in [0.717, 1.165) is 25.8 Å². The highest BCUT2D eigenvalue weighted by molar-refractivity contribution is 5.15. The predicted molar refractivity (Wildman–Crippen MR) is 156 cm³/mol. The summed E-state index contributed by atoms with van der Waals surface area (Å²) in [5.41, 5.74) is -0.536. The maximum atomic E-state index is 15.1. The molecule has 4 aromatic rings. The van der Waals surface area contributed by atoms with Crippen LogP contribution in [0.4, 0.5) is 8.78 Å². The van der Waals surface area contributed by atoms with E-state index >= 15 is 4.39 Å². The van der Waals surface area contributed by atoms with E-state index in [1.807, 2.05) is 91.0 Å². The molecular weight excluding hydrogens is 558 g/mol. The molecular formula is C33H34F2N2O6. The molecule has 43 heavy (non-hydrogen) atoms. The summed E-state index contributed by atoms with van der Waals surface area (Å²) in [6, 6.07) is 29.0. The highest BCUT2D eigenvalue weighted by atomic mass is 19.1. The van der Waals surface area contributed by atoms with Gasteiger partial charge >= 0.3 is 5.69 Å². The van der Waals surface area contributed by atoms with Crippen molar-refractivity contribution in [3.8, 4) is 0 Å². The van der Waals surface area contributed by atoms with Gasteiger partial charge in [0.15, 0.2) is 0 Å². The zero-order chi connectivity index (χ0) is 30.1. The van der Waals surface area contributed by atoms with Crippen LogP contribution in [0, 0.1) is 5.92 Å². The van der Waals surface area contributed by atoms with Crippen molar-refractivity contribution in [3.63, 3.8) is 0 Å². The van der Waals surface area contributed by atoms with Crippen LogP contribution in [0.25, 0.3) is 0 Å². The fourth-order valence-electron chi connectivity index (χ4n) is 5.24. The Kier molecular flexibility index (Phi) is 10.3. The van der Waals surface area contributed by atoms with Crippen molar-refractivity contribution >= 4 is 0 Å². The molecule has 226 valence electrons. The minimum absolute atomic E-state index is 0.0697. The van der Waals surface area contributed by atoms with Crippen LogP contribution in [-0.2, 0) is 45.5 Å². The van der Waals surface area contributed by atoms with E-state index in [4.69, 9.17) is 18.9 Å². The van der Waals surface area contributed by atoms with Crippen molar-refractivity contribution in [1.29, 1.82) is 0 Å². The first-order valence-electron chi connectivity index (χ1n) is 14.1. The fraction of sp³-hybridized carbons (Fsp3) is 0.333. The van der Waals surface area contributed by atoms with Gasteiger partial charge in [-0.2, -0.15) is 0 Å². The van der Waals surface area contributed by atoms with Crippen molar-refractivity contribution in [2.24, 2.45) is 5.92 Å². The van der Waals surface area contributed by atoms with Gasteiger partial charge in [0.05, 0.1) is 39.0 Å². The molecule has 1 aromatic heterocycles. The third kappa shape index (κ3) is 7.17. The van der Waals surface area contributed by atoms with Gasteiger partial charge in [0.1, 0.15) is 31.3 Å². The minimum Gasteiger partial charge on any atom is -0.374 e. The molecule has 0 spiro atoms. The third-order valence-electron chi connectivity index (χ3n) is 7.47. The number of aromatic nitrogens is 2. The molecule has 1 saturated heterocycles. The van der Waals surface area contributed by atoms with Crippen molar-refractivity contribution in [3.05, 3.63) is 141 Å². The SMILES string of the molecule is O=c1ccn([C@@H]2O[C@](CF)(COCc3ccccc3)[C@@H](OCc3ccccc3)[C@@H]2CF)c(=O)n1COCc1ccccc1. The van der Waals surface area contributed by atoms with Gasteiger partial charge in [-0.15, -0.1) is 0 Å².